The number of carboxylic acid groups (broad SMARTS) is 1. The molecule has 1 unspecified atom stereocenters. The number of carbonyl (C=O) groups is 2. The molecule has 9 heteroatoms. The maximum absolute atomic E-state index is 14.9. The second-order valence-electron chi connectivity index (χ2n) is 7.50. The lowest BCUT2D eigenvalue weighted by molar-refractivity contribution is -0.165. The summed E-state index contributed by atoms with van der Waals surface area (Å²) in [6.45, 7) is 3.57. The normalized spacial score (nSPS) is 34.6. The van der Waals surface area contributed by atoms with E-state index in [0.717, 1.165) is 0 Å². The summed E-state index contributed by atoms with van der Waals surface area (Å²) in [6.07, 6.45) is -0.747. The van der Waals surface area contributed by atoms with Crippen LogP contribution in [0.4, 0.5) is 4.39 Å². The number of halogens is 3. The maximum Gasteiger partial charge on any atom is 0.342 e. The van der Waals surface area contributed by atoms with Crippen LogP contribution in [0.15, 0.2) is 18.2 Å². The summed E-state index contributed by atoms with van der Waals surface area (Å²) in [7, 11) is 0. The van der Waals surface area contributed by atoms with Crippen LogP contribution in [0.3, 0.4) is 0 Å². The molecule has 0 amide bonds. The van der Waals surface area contributed by atoms with Crippen LogP contribution in [-0.2, 0) is 25.7 Å². The Kier molecular flexibility index (Phi) is 5.66. The van der Waals surface area contributed by atoms with E-state index in [1.807, 2.05) is 6.92 Å². The number of carbonyl (C=O) groups excluding carboxylic acids is 1. The molecule has 154 valence electrons. The minimum atomic E-state index is -2.54. The summed E-state index contributed by atoms with van der Waals surface area (Å²) >= 11 is 11.9. The van der Waals surface area contributed by atoms with Gasteiger partial charge in [0.2, 0.25) is 5.67 Å². The number of hydrogen-bond acceptors (Lipinski definition) is 5. The van der Waals surface area contributed by atoms with Gasteiger partial charge in [-0.2, -0.15) is 0 Å². The van der Waals surface area contributed by atoms with Crippen molar-refractivity contribution in [2.24, 2.45) is 17.6 Å². The van der Waals surface area contributed by atoms with E-state index in [0.29, 0.717) is 22.0 Å². The number of esters is 1. The van der Waals surface area contributed by atoms with Crippen LogP contribution in [-0.4, -0.2) is 40.5 Å². The Morgan fingerprint density at radius 1 is 1.39 bits per heavy atom. The van der Waals surface area contributed by atoms with Gasteiger partial charge in [0.15, 0.2) is 0 Å². The summed E-state index contributed by atoms with van der Waals surface area (Å²) in [4.78, 5) is 24.2. The van der Waals surface area contributed by atoms with Crippen molar-refractivity contribution in [3.05, 3.63) is 33.8 Å². The molecule has 28 heavy (non-hydrogen) atoms. The Labute approximate surface area is 172 Å². The van der Waals surface area contributed by atoms with Gasteiger partial charge in [0.1, 0.15) is 5.54 Å². The van der Waals surface area contributed by atoms with Crippen LogP contribution >= 0.6 is 23.2 Å². The topological polar surface area (TPSA) is 98.9 Å². The second-order valence-corrected chi connectivity index (χ2v) is 8.31. The van der Waals surface area contributed by atoms with E-state index in [1.54, 1.807) is 25.1 Å². The fraction of sp³-hybridized carbons (Fsp3) is 0.579. The lowest BCUT2D eigenvalue weighted by atomic mass is 9.87. The van der Waals surface area contributed by atoms with Gasteiger partial charge in [0.05, 0.1) is 28.9 Å². The molecule has 0 heterocycles. The average Bonchev–Trinajstić information content (AvgIpc) is 3.12. The number of benzene rings is 1. The summed E-state index contributed by atoms with van der Waals surface area (Å²) < 4.78 is 26.0. The number of nitrogens with two attached hydrogens (primary N) is 1. The van der Waals surface area contributed by atoms with Crippen LogP contribution in [0.2, 0.25) is 10.0 Å². The number of fused-ring (bicyclic) bond motifs is 1. The third kappa shape index (κ3) is 3.28. The maximum atomic E-state index is 14.9. The molecular weight excluding hydrogens is 412 g/mol. The third-order valence-corrected chi connectivity index (χ3v) is 6.54. The zero-order valence-electron chi connectivity index (χ0n) is 15.5. The van der Waals surface area contributed by atoms with Gasteiger partial charge in [-0.3, -0.25) is 0 Å². The number of hydrogen-bond donors (Lipinski definition) is 2. The molecule has 0 spiro atoms. The van der Waals surface area contributed by atoms with Crippen molar-refractivity contribution < 1.29 is 28.6 Å². The highest BCUT2D eigenvalue weighted by Gasteiger charge is 2.85. The lowest BCUT2D eigenvalue weighted by Gasteiger charge is -2.34. The highest BCUT2D eigenvalue weighted by molar-refractivity contribution is 6.42. The van der Waals surface area contributed by atoms with Crippen molar-refractivity contribution in [2.45, 2.75) is 56.7 Å². The molecule has 0 bridgehead atoms. The molecule has 2 fully saturated rings. The summed E-state index contributed by atoms with van der Waals surface area (Å²) in [5.41, 5.74) is 2.60. The van der Waals surface area contributed by atoms with Gasteiger partial charge < -0.3 is 20.3 Å². The van der Waals surface area contributed by atoms with Crippen molar-refractivity contribution in [1.29, 1.82) is 0 Å². The third-order valence-electron chi connectivity index (χ3n) is 5.80. The Morgan fingerprint density at radius 2 is 2.07 bits per heavy atom. The second kappa shape index (κ2) is 7.44. The van der Waals surface area contributed by atoms with Crippen molar-refractivity contribution in [3.63, 3.8) is 0 Å². The molecule has 6 nitrogen and oxygen atoms in total. The number of alkyl halides is 1. The number of rotatable bonds is 7. The Hall–Kier alpha value is -1.41. The van der Waals surface area contributed by atoms with Gasteiger partial charge in [-0.1, -0.05) is 36.2 Å². The molecule has 0 aliphatic heterocycles. The summed E-state index contributed by atoms with van der Waals surface area (Å²) in [5.74, 6) is -4.53. The van der Waals surface area contributed by atoms with E-state index >= 15 is 0 Å². The van der Waals surface area contributed by atoms with E-state index < -0.39 is 47.2 Å². The molecule has 1 aromatic carbocycles. The fourth-order valence-corrected chi connectivity index (χ4v) is 4.31. The molecule has 1 aromatic rings. The first-order valence-corrected chi connectivity index (χ1v) is 9.80. The molecule has 2 aliphatic rings. The zero-order valence-corrected chi connectivity index (χ0v) is 17.0. The van der Waals surface area contributed by atoms with E-state index in [2.05, 4.69) is 0 Å². The molecule has 6 atom stereocenters. The highest BCUT2D eigenvalue weighted by Crippen LogP contribution is 2.67. The SMILES string of the molecule is CCC(C)OC(=O)[C@@]1(N)[C@H]2[C@@H](C[C@H]1OCc1ccc(Cl)c(Cl)c1)[C@]2(F)C(=O)O. The van der Waals surface area contributed by atoms with Crippen molar-refractivity contribution >= 4 is 35.1 Å². The van der Waals surface area contributed by atoms with Gasteiger partial charge in [0, 0.05) is 11.8 Å². The van der Waals surface area contributed by atoms with Crippen molar-refractivity contribution in [1.82, 2.24) is 0 Å². The summed E-state index contributed by atoms with van der Waals surface area (Å²) in [5, 5.41) is 10.00. The van der Waals surface area contributed by atoms with E-state index in [4.69, 9.17) is 38.4 Å². The average molecular weight is 434 g/mol. The molecule has 2 saturated carbocycles. The predicted octanol–water partition coefficient (Wildman–Crippen LogP) is 3.36. The first kappa shape index (κ1) is 21.3. The van der Waals surface area contributed by atoms with Crippen molar-refractivity contribution in [3.8, 4) is 0 Å². The van der Waals surface area contributed by atoms with Crippen LogP contribution in [0.5, 0.6) is 0 Å². The van der Waals surface area contributed by atoms with Crippen LogP contribution in [0.25, 0.3) is 0 Å². The smallest absolute Gasteiger partial charge is 0.342 e. The Bertz CT molecular complexity index is 809. The lowest BCUT2D eigenvalue weighted by Crippen LogP contribution is -2.61. The van der Waals surface area contributed by atoms with Crippen LogP contribution < -0.4 is 5.73 Å². The molecule has 0 radical (unpaired) electrons. The number of ether oxygens (including phenoxy) is 2. The quantitative estimate of drug-likeness (QED) is 0.639. The van der Waals surface area contributed by atoms with Crippen molar-refractivity contribution in [2.75, 3.05) is 0 Å². The first-order chi connectivity index (χ1) is 13.1. The molecule has 3 rings (SSSR count). The van der Waals surface area contributed by atoms with Crippen LogP contribution in [0.1, 0.15) is 32.3 Å². The molecule has 0 saturated heterocycles. The standard InChI is InChI=1S/C19H22Cl2FNO5/c1-3-9(2)28-17(26)19(23)14(7-11-15(19)18(11,22)16(24)25)27-8-10-4-5-12(20)13(21)6-10/h4-6,9,11,14-15H,3,7-8,23H2,1-2H3,(H,24,25)/t9?,11-,14-,15+,18-,19+/m1/s1. The minimum absolute atomic E-state index is 0.0148. The van der Waals surface area contributed by atoms with Gasteiger partial charge in [0.25, 0.3) is 0 Å². The van der Waals surface area contributed by atoms with E-state index in [9.17, 15) is 19.1 Å². The van der Waals surface area contributed by atoms with Gasteiger partial charge >= 0.3 is 11.9 Å². The Balaban J connectivity index is 1.81. The Morgan fingerprint density at radius 3 is 2.64 bits per heavy atom. The molecule has 3 N–H and O–H groups in total. The largest absolute Gasteiger partial charge is 0.479 e. The highest BCUT2D eigenvalue weighted by atomic mass is 35.5. The molecule has 0 aromatic heterocycles. The monoisotopic (exact) mass is 433 g/mol. The van der Waals surface area contributed by atoms with E-state index in [-0.39, 0.29) is 13.0 Å². The zero-order chi connectivity index (χ0) is 20.9. The van der Waals surface area contributed by atoms with Gasteiger partial charge in [-0.05, 0) is 37.5 Å². The summed E-state index contributed by atoms with van der Waals surface area (Å²) in [6, 6.07) is 4.93. The van der Waals surface area contributed by atoms with Crippen LogP contribution in [0, 0.1) is 11.8 Å². The molecule has 2 aliphatic carbocycles. The fourth-order valence-electron chi connectivity index (χ4n) is 3.99. The van der Waals surface area contributed by atoms with E-state index in [1.165, 1.54) is 0 Å². The predicted molar refractivity (Wildman–Crippen MR) is 101 cm³/mol. The molecular formula is C19H22Cl2FNO5. The first-order valence-electron chi connectivity index (χ1n) is 9.04. The minimum Gasteiger partial charge on any atom is -0.479 e. The van der Waals surface area contributed by atoms with Gasteiger partial charge in [-0.25, -0.2) is 14.0 Å². The van der Waals surface area contributed by atoms with Gasteiger partial charge in [-0.15, -0.1) is 0 Å². The number of carboxylic acids is 1. The number of aliphatic carboxylic acids is 1.